The molecule has 124 valence electrons. The highest BCUT2D eigenvalue weighted by molar-refractivity contribution is 7.99. The molecule has 1 atom stereocenters. The van der Waals surface area contributed by atoms with Crippen molar-refractivity contribution in [1.29, 1.82) is 0 Å². The highest BCUT2D eigenvalue weighted by atomic mass is 32.2. The number of aryl methyl sites for hydroxylation is 1. The van der Waals surface area contributed by atoms with E-state index in [0.717, 1.165) is 49.0 Å². The average molecular weight is 325 g/mol. The van der Waals surface area contributed by atoms with Gasteiger partial charge in [0.05, 0.1) is 12.6 Å². The second kappa shape index (κ2) is 8.41. The maximum Gasteiger partial charge on any atom is 0.315 e. The van der Waals surface area contributed by atoms with Gasteiger partial charge in [-0.2, -0.15) is 16.9 Å². The van der Waals surface area contributed by atoms with Crippen molar-refractivity contribution < 1.29 is 4.79 Å². The molecule has 6 nitrogen and oxygen atoms in total. The first-order chi connectivity index (χ1) is 10.6. The number of thioether (sulfide) groups is 1. The van der Waals surface area contributed by atoms with Crippen LogP contribution in [0.1, 0.15) is 51.2 Å². The zero-order valence-corrected chi connectivity index (χ0v) is 14.6. The van der Waals surface area contributed by atoms with Crippen LogP contribution in [0.3, 0.4) is 0 Å². The van der Waals surface area contributed by atoms with Crippen LogP contribution in [0.2, 0.25) is 0 Å². The van der Waals surface area contributed by atoms with E-state index in [9.17, 15) is 4.79 Å². The predicted octanol–water partition coefficient (Wildman–Crippen LogP) is 2.16. The molecule has 7 heteroatoms. The summed E-state index contributed by atoms with van der Waals surface area (Å²) in [5, 5.41) is 10.5. The van der Waals surface area contributed by atoms with E-state index in [4.69, 9.17) is 0 Å². The van der Waals surface area contributed by atoms with Gasteiger partial charge in [0.25, 0.3) is 0 Å². The zero-order chi connectivity index (χ0) is 15.9. The zero-order valence-electron chi connectivity index (χ0n) is 13.8. The molecular formula is C15H27N5OS. The van der Waals surface area contributed by atoms with Crippen LogP contribution in [-0.2, 0) is 13.0 Å². The standard InChI is InChI=1S/C15H27N5OS/c1-4-22-9-5-8-16-15(21)17-12-6-7-13-18-14(11(2)3)19-20(13)10-12/h11-12H,4-10H2,1-3H3,(H2,16,17,21)/t12-/m1/s1. The fraction of sp³-hybridized carbons (Fsp3) is 0.800. The van der Waals surface area contributed by atoms with E-state index < -0.39 is 0 Å². The van der Waals surface area contributed by atoms with Crippen molar-refractivity contribution in [2.24, 2.45) is 0 Å². The Morgan fingerprint density at radius 1 is 1.50 bits per heavy atom. The third-order valence-electron chi connectivity index (χ3n) is 3.68. The van der Waals surface area contributed by atoms with Crippen molar-refractivity contribution in [3.05, 3.63) is 11.6 Å². The quantitative estimate of drug-likeness (QED) is 0.754. The van der Waals surface area contributed by atoms with Gasteiger partial charge in [0.2, 0.25) is 0 Å². The van der Waals surface area contributed by atoms with E-state index in [1.165, 1.54) is 0 Å². The van der Waals surface area contributed by atoms with Gasteiger partial charge < -0.3 is 10.6 Å². The minimum Gasteiger partial charge on any atom is -0.338 e. The van der Waals surface area contributed by atoms with Crippen molar-refractivity contribution in [3.63, 3.8) is 0 Å². The number of nitrogens with zero attached hydrogens (tertiary/aromatic N) is 3. The minimum absolute atomic E-state index is 0.0702. The highest BCUT2D eigenvalue weighted by Crippen LogP contribution is 2.16. The summed E-state index contributed by atoms with van der Waals surface area (Å²) in [6.45, 7) is 7.80. The number of aromatic nitrogens is 3. The van der Waals surface area contributed by atoms with Gasteiger partial charge in [0.15, 0.2) is 5.82 Å². The van der Waals surface area contributed by atoms with Gasteiger partial charge in [0.1, 0.15) is 5.82 Å². The summed E-state index contributed by atoms with van der Waals surface area (Å²) >= 11 is 1.90. The predicted molar refractivity (Wildman–Crippen MR) is 90.4 cm³/mol. The van der Waals surface area contributed by atoms with E-state index in [2.05, 4.69) is 41.5 Å². The number of hydrogen-bond acceptors (Lipinski definition) is 4. The lowest BCUT2D eigenvalue weighted by atomic mass is 10.1. The maximum absolute atomic E-state index is 11.9. The Morgan fingerprint density at radius 3 is 3.05 bits per heavy atom. The molecule has 0 saturated carbocycles. The molecule has 1 aromatic rings. The second-order valence-electron chi connectivity index (χ2n) is 5.91. The summed E-state index contributed by atoms with van der Waals surface area (Å²) in [6.07, 6.45) is 2.81. The van der Waals surface area contributed by atoms with Crippen LogP contribution in [0, 0.1) is 0 Å². The number of carbonyl (C=O) groups excluding carboxylic acids is 1. The smallest absolute Gasteiger partial charge is 0.315 e. The molecule has 2 N–H and O–H groups in total. The molecule has 0 fully saturated rings. The Bertz CT molecular complexity index is 488. The summed E-state index contributed by atoms with van der Waals surface area (Å²) in [4.78, 5) is 16.5. The van der Waals surface area contributed by atoms with Crippen LogP contribution in [0.15, 0.2) is 0 Å². The van der Waals surface area contributed by atoms with Gasteiger partial charge >= 0.3 is 6.03 Å². The van der Waals surface area contributed by atoms with Gasteiger partial charge in [-0.25, -0.2) is 14.5 Å². The molecule has 0 aromatic carbocycles. The van der Waals surface area contributed by atoms with Crippen molar-refractivity contribution >= 4 is 17.8 Å². The van der Waals surface area contributed by atoms with Crippen molar-refractivity contribution in [1.82, 2.24) is 25.4 Å². The first kappa shape index (κ1) is 17.1. The largest absolute Gasteiger partial charge is 0.338 e. The molecular weight excluding hydrogens is 298 g/mol. The molecule has 22 heavy (non-hydrogen) atoms. The average Bonchev–Trinajstić information content (AvgIpc) is 2.90. The first-order valence-electron chi connectivity index (χ1n) is 8.15. The summed E-state index contributed by atoms with van der Waals surface area (Å²) < 4.78 is 1.95. The Kier molecular flexibility index (Phi) is 6.54. The summed E-state index contributed by atoms with van der Waals surface area (Å²) in [5.41, 5.74) is 0. The number of amides is 2. The lowest BCUT2D eigenvalue weighted by Gasteiger charge is -2.23. The number of carbonyl (C=O) groups is 1. The number of fused-ring (bicyclic) bond motifs is 1. The van der Waals surface area contributed by atoms with E-state index >= 15 is 0 Å². The Labute approximate surface area is 136 Å². The molecule has 0 spiro atoms. The molecule has 0 aliphatic carbocycles. The fourth-order valence-electron chi connectivity index (χ4n) is 2.45. The molecule has 0 unspecified atom stereocenters. The SMILES string of the molecule is CCSCCCNC(=O)N[C@@H]1CCc2nc(C(C)C)nn2C1. The van der Waals surface area contributed by atoms with E-state index in [1.54, 1.807) is 0 Å². The first-order valence-corrected chi connectivity index (χ1v) is 9.31. The molecule has 0 radical (unpaired) electrons. The molecule has 1 aromatic heterocycles. The number of rotatable bonds is 7. The van der Waals surface area contributed by atoms with Crippen LogP contribution in [0.25, 0.3) is 0 Å². The van der Waals surface area contributed by atoms with Gasteiger partial charge in [-0.1, -0.05) is 20.8 Å². The number of urea groups is 1. The molecule has 1 aliphatic rings. The number of hydrogen-bond donors (Lipinski definition) is 2. The fourth-order valence-corrected chi connectivity index (χ4v) is 3.08. The lowest BCUT2D eigenvalue weighted by Crippen LogP contribution is -2.46. The lowest BCUT2D eigenvalue weighted by molar-refractivity contribution is 0.232. The minimum atomic E-state index is -0.0702. The van der Waals surface area contributed by atoms with E-state index in [0.29, 0.717) is 12.5 Å². The molecule has 1 aliphatic heterocycles. The van der Waals surface area contributed by atoms with Crippen LogP contribution in [-0.4, -0.2) is 44.9 Å². The normalized spacial score (nSPS) is 17.4. The second-order valence-corrected chi connectivity index (χ2v) is 7.30. The Morgan fingerprint density at radius 2 is 2.32 bits per heavy atom. The summed E-state index contributed by atoms with van der Waals surface area (Å²) in [5.74, 6) is 4.51. The number of nitrogens with one attached hydrogen (secondary N) is 2. The van der Waals surface area contributed by atoms with E-state index in [1.807, 2.05) is 16.4 Å². The van der Waals surface area contributed by atoms with Gasteiger partial charge in [-0.3, -0.25) is 0 Å². The van der Waals surface area contributed by atoms with Crippen molar-refractivity contribution in [3.8, 4) is 0 Å². The van der Waals surface area contributed by atoms with Crippen LogP contribution in [0.4, 0.5) is 4.79 Å². The molecule has 2 heterocycles. The van der Waals surface area contributed by atoms with Crippen LogP contribution >= 0.6 is 11.8 Å². The van der Waals surface area contributed by atoms with Crippen LogP contribution in [0.5, 0.6) is 0 Å². The van der Waals surface area contributed by atoms with E-state index in [-0.39, 0.29) is 12.1 Å². The van der Waals surface area contributed by atoms with Gasteiger partial charge in [-0.05, 0) is 24.3 Å². The van der Waals surface area contributed by atoms with Gasteiger partial charge in [0, 0.05) is 18.9 Å². The Balaban J connectivity index is 1.74. The van der Waals surface area contributed by atoms with Gasteiger partial charge in [-0.15, -0.1) is 0 Å². The molecule has 2 amide bonds. The van der Waals surface area contributed by atoms with Crippen molar-refractivity contribution in [2.45, 2.75) is 58.5 Å². The third-order valence-corrected chi connectivity index (χ3v) is 4.67. The third kappa shape index (κ3) is 4.90. The summed E-state index contributed by atoms with van der Waals surface area (Å²) in [6, 6.07) is 0.0679. The monoisotopic (exact) mass is 325 g/mol. The van der Waals surface area contributed by atoms with Crippen molar-refractivity contribution in [2.75, 3.05) is 18.1 Å². The van der Waals surface area contributed by atoms with Crippen LogP contribution < -0.4 is 10.6 Å². The highest BCUT2D eigenvalue weighted by Gasteiger charge is 2.23. The summed E-state index contributed by atoms with van der Waals surface area (Å²) in [7, 11) is 0. The molecule has 0 saturated heterocycles. The molecule has 2 rings (SSSR count). The molecule has 0 bridgehead atoms. The Hall–Kier alpha value is -1.24. The topological polar surface area (TPSA) is 71.8 Å². The maximum atomic E-state index is 11.9.